The fourth-order valence-electron chi connectivity index (χ4n) is 1.77. The second kappa shape index (κ2) is 6.87. The summed E-state index contributed by atoms with van der Waals surface area (Å²) in [7, 11) is 1.56. The van der Waals surface area contributed by atoms with Gasteiger partial charge in [-0.05, 0) is 36.4 Å². The van der Waals surface area contributed by atoms with Crippen molar-refractivity contribution in [3.05, 3.63) is 62.5 Å². The van der Waals surface area contributed by atoms with Crippen molar-refractivity contribution in [2.24, 2.45) is 0 Å². The van der Waals surface area contributed by atoms with Crippen LogP contribution in [-0.4, -0.2) is 18.9 Å². The molecule has 21 heavy (non-hydrogen) atoms. The van der Waals surface area contributed by atoms with Crippen LogP contribution in [0.2, 0.25) is 0 Å². The number of hydrogen-bond donors (Lipinski definition) is 2. The zero-order valence-electron chi connectivity index (χ0n) is 11.1. The maximum atomic E-state index is 12.2. The lowest BCUT2D eigenvalue weighted by molar-refractivity contribution is 0.0961. The van der Waals surface area contributed by atoms with E-state index in [-0.39, 0.29) is 11.8 Å². The minimum Gasteiger partial charge on any atom is -0.355 e. The molecule has 0 unspecified atom stereocenters. The SMILES string of the molecule is CNC(=O)c1cccc(NC(=O)c2cc(Br)cc(Br)c2)c1. The van der Waals surface area contributed by atoms with Crippen LogP contribution in [-0.2, 0) is 0 Å². The van der Waals surface area contributed by atoms with Crippen LogP contribution < -0.4 is 10.6 Å². The number of carbonyl (C=O) groups is 2. The molecule has 108 valence electrons. The third-order valence-electron chi connectivity index (χ3n) is 2.73. The number of benzene rings is 2. The highest BCUT2D eigenvalue weighted by molar-refractivity contribution is 9.11. The molecule has 0 saturated carbocycles. The summed E-state index contributed by atoms with van der Waals surface area (Å²) in [6.07, 6.45) is 0. The predicted octanol–water partition coefficient (Wildman–Crippen LogP) is 3.82. The molecule has 0 heterocycles. The molecule has 2 rings (SSSR count). The van der Waals surface area contributed by atoms with Crippen molar-refractivity contribution in [3.8, 4) is 0 Å². The summed E-state index contributed by atoms with van der Waals surface area (Å²) in [6, 6.07) is 12.1. The zero-order chi connectivity index (χ0) is 15.4. The van der Waals surface area contributed by atoms with Crippen LogP contribution in [0, 0.1) is 0 Å². The third kappa shape index (κ3) is 4.15. The highest BCUT2D eigenvalue weighted by atomic mass is 79.9. The molecule has 0 saturated heterocycles. The molecule has 2 aromatic rings. The molecule has 0 atom stereocenters. The van der Waals surface area contributed by atoms with Crippen LogP contribution in [0.3, 0.4) is 0 Å². The van der Waals surface area contributed by atoms with Crippen LogP contribution in [0.5, 0.6) is 0 Å². The normalized spacial score (nSPS) is 10.0. The molecule has 4 nitrogen and oxygen atoms in total. The van der Waals surface area contributed by atoms with Gasteiger partial charge in [0.25, 0.3) is 11.8 Å². The van der Waals surface area contributed by atoms with Crippen molar-refractivity contribution >= 4 is 49.4 Å². The van der Waals surface area contributed by atoms with E-state index in [9.17, 15) is 9.59 Å². The fraction of sp³-hybridized carbons (Fsp3) is 0.0667. The van der Waals surface area contributed by atoms with E-state index in [1.165, 1.54) is 0 Å². The van der Waals surface area contributed by atoms with Crippen LogP contribution >= 0.6 is 31.9 Å². The highest BCUT2D eigenvalue weighted by Gasteiger charge is 2.09. The van der Waals surface area contributed by atoms with Crippen LogP contribution in [0.4, 0.5) is 5.69 Å². The van der Waals surface area contributed by atoms with Crippen molar-refractivity contribution in [2.75, 3.05) is 12.4 Å². The Morgan fingerprint density at radius 2 is 1.57 bits per heavy atom. The van der Waals surface area contributed by atoms with Crippen molar-refractivity contribution < 1.29 is 9.59 Å². The number of nitrogens with one attached hydrogen (secondary N) is 2. The van der Waals surface area contributed by atoms with Crippen molar-refractivity contribution in [2.45, 2.75) is 0 Å². The van der Waals surface area contributed by atoms with E-state index in [0.717, 1.165) is 8.95 Å². The Bertz CT molecular complexity index is 682. The Labute approximate surface area is 139 Å². The first-order chi connectivity index (χ1) is 9.99. The molecule has 0 spiro atoms. The lowest BCUT2D eigenvalue weighted by atomic mass is 10.1. The first-order valence-electron chi connectivity index (χ1n) is 6.09. The smallest absolute Gasteiger partial charge is 0.255 e. The molecule has 0 aromatic heterocycles. The first-order valence-corrected chi connectivity index (χ1v) is 7.68. The van der Waals surface area contributed by atoms with Gasteiger partial charge in [-0.25, -0.2) is 0 Å². The number of carbonyl (C=O) groups excluding carboxylic acids is 2. The Hall–Kier alpha value is -1.66. The van der Waals surface area contributed by atoms with Gasteiger partial charge in [-0.1, -0.05) is 37.9 Å². The number of rotatable bonds is 3. The Morgan fingerprint density at radius 3 is 2.19 bits per heavy atom. The molecule has 0 aliphatic carbocycles. The molecule has 0 aliphatic rings. The Kier molecular flexibility index (Phi) is 5.14. The van der Waals surface area contributed by atoms with Gasteiger partial charge in [-0.15, -0.1) is 0 Å². The molecule has 6 heteroatoms. The first kappa shape index (κ1) is 15.7. The maximum absolute atomic E-state index is 12.2. The molecular formula is C15H12Br2N2O2. The topological polar surface area (TPSA) is 58.2 Å². The van der Waals surface area contributed by atoms with E-state index < -0.39 is 0 Å². The van der Waals surface area contributed by atoms with Gasteiger partial charge in [0.1, 0.15) is 0 Å². The van der Waals surface area contributed by atoms with E-state index in [1.54, 1.807) is 43.4 Å². The fourth-order valence-corrected chi connectivity index (χ4v) is 3.06. The van der Waals surface area contributed by atoms with Gasteiger partial charge >= 0.3 is 0 Å². The number of halogens is 2. The van der Waals surface area contributed by atoms with E-state index >= 15 is 0 Å². The standard InChI is InChI=1S/C15H12Br2N2O2/c1-18-14(20)9-3-2-4-13(7-9)19-15(21)10-5-11(16)8-12(17)6-10/h2-8H,1H3,(H,18,20)(H,19,21). The average Bonchev–Trinajstić information content (AvgIpc) is 2.45. The van der Waals surface area contributed by atoms with Crippen LogP contribution in [0.1, 0.15) is 20.7 Å². The van der Waals surface area contributed by atoms with E-state index in [2.05, 4.69) is 42.5 Å². The minimum absolute atomic E-state index is 0.198. The molecule has 2 aromatic carbocycles. The van der Waals surface area contributed by atoms with Crippen LogP contribution in [0.15, 0.2) is 51.4 Å². The molecule has 0 radical (unpaired) electrons. The van der Waals surface area contributed by atoms with Gasteiger partial charge in [0, 0.05) is 32.8 Å². The molecule has 0 fully saturated rings. The van der Waals surface area contributed by atoms with E-state index in [4.69, 9.17) is 0 Å². The van der Waals surface area contributed by atoms with Gasteiger partial charge in [0.05, 0.1) is 0 Å². The largest absolute Gasteiger partial charge is 0.355 e. The lowest BCUT2D eigenvalue weighted by Gasteiger charge is -2.08. The van der Waals surface area contributed by atoms with Crippen LogP contribution in [0.25, 0.3) is 0 Å². The Morgan fingerprint density at radius 1 is 0.905 bits per heavy atom. The summed E-state index contributed by atoms with van der Waals surface area (Å²) in [5.74, 6) is -0.442. The maximum Gasteiger partial charge on any atom is 0.255 e. The van der Waals surface area contributed by atoms with Gasteiger partial charge < -0.3 is 10.6 Å². The minimum atomic E-state index is -0.244. The second-order valence-electron chi connectivity index (χ2n) is 4.27. The summed E-state index contributed by atoms with van der Waals surface area (Å²) < 4.78 is 1.61. The summed E-state index contributed by atoms with van der Waals surface area (Å²) >= 11 is 6.69. The number of anilines is 1. The molecule has 2 amide bonds. The summed E-state index contributed by atoms with van der Waals surface area (Å²) in [6.45, 7) is 0. The van der Waals surface area contributed by atoms with Gasteiger partial charge in [-0.3, -0.25) is 9.59 Å². The van der Waals surface area contributed by atoms with E-state index in [0.29, 0.717) is 16.8 Å². The quantitative estimate of drug-likeness (QED) is 0.806. The van der Waals surface area contributed by atoms with Gasteiger partial charge in [0.15, 0.2) is 0 Å². The van der Waals surface area contributed by atoms with Crippen molar-refractivity contribution in [3.63, 3.8) is 0 Å². The van der Waals surface area contributed by atoms with Gasteiger partial charge in [-0.2, -0.15) is 0 Å². The summed E-state index contributed by atoms with van der Waals surface area (Å²) in [5, 5.41) is 5.32. The average molecular weight is 412 g/mol. The number of amides is 2. The molecular weight excluding hydrogens is 400 g/mol. The molecule has 0 aliphatic heterocycles. The van der Waals surface area contributed by atoms with E-state index in [1.807, 2.05) is 6.07 Å². The summed E-state index contributed by atoms with van der Waals surface area (Å²) in [4.78, 5) is 23.8. The van der Waals surface area contributed by atoms with Crippen molar-refractivity contribution in [1.82, 2.24) is 5.32 Å². The molecule has 0 bridgehead atoms. The van der Waals surface area contributed by atoms with Gasteiger partial charge in [0.2, 0.25) is 0 Å². The molecule has 2 N–H and O–H groups in total. The summed E-state index contributed by atoms with van der Waals surface area (Å²) in [5.41, 5.74) is 1.57. The third-order valence-corrected chi connectivity index (χ3v) is 3.65. The monoisotopic (exact) mass is 410 g/mol. The zero-order valence-corrected chi connectivity index (χ0v) is 14.3. The lowest BCUT2D eigenvalue weighted by Crippen LogP contribution is -2.18. The second-order valence-corrected chi connectivity index (χ2v) is 6.10. The van der Waals surface area contributed by atoms with Crippen molar-refractivity contribution in [1.29, 1.82) is 0 Å². The Balaban J connectivity index is 2.21. The number of hydrogen-bond acceptors (Lipinski definition) is 2. The highest BCUT2D eigenvalue weighted by Crippen LogP contribution is 2.21. The predicted molar refractivity (Wildman–Crippen MR) is 89.6 cm³/mol.